The Morgan fingerprint density at radius 3 is 1.75 bits per heavy atom. The van der Waals surface area contributed by atoms with E-state index < -0.39 is 6.17 Å². The van der Waals surface area contributed by atoms with Gasteiger partial charge in [0.1, 0.15) is 6.17 Å². The fourth-order valence-electron chi connectivity index (χ4n) is 5.96. The van der Waals surface area contributed by atoms with Crippen LogP contribution in [-0.2, 0) is 0 Å². The van der Waals surface area contributed by atoms with E-state index >= 15 is 0 Å². The maximum Gasteiger partial charge on any atom is 0.160 e. The average Bonchev–Trinajstić information content (AvgIpc) is 3.17. The van der Waals surface area contributed by atoms with E-state index in [0.29, 0.717) is 5.82 Å². The van der Waals surface area contributed by atoms with Gasteiger partial charge in [-0.3, -0.25) is 0 Å². The van der Waals surface area contributed by atoms with E-state index in [4.69, 9.17) is 21.4 Å². The van der Waals surface area contributed by atoms with Crippen molar-refractivity contribution < 1.29 is 0 Å². The van der Waals surface area contributed by atoms with Crippen LogP contribution in [0.15, 0.2) is 163 Å². The van der Waals surface area contributed by atoms with Crippen molar-refractivity contribution in [2.24, 2.45) is 17.2 Å². The molecule has 5 aromatic carbocycles. The molecule has 1 atom stereocenters. The molecule has 0 saturated carbocycles. The fourth-order valence-corrected chi connectivity index (χ4v) is 5.96. The monoisotopic (exact) mass is 628 g/mol. The van der Waals surface area contributed by atoms with Crippen LogP contribution < -0.4 is 22.1 Å². The number of hydrogen-bond acceptors (Lipinski definition) is 6. The second-order valence-corrected chi connectivity index (χ2v) is 11.4. The molecule has 1 unspecified atom stereocenters. The van der Waals surface area contributed by atoms with Gasteiger partial charge in [-0.25, -0.2) is 9.97 Å². The Bertz CT molecular complexity index is 1950. The van der Waals surface area contributed by atoms with Crippen molar-refractivity contribution in [3.8, 4) is 33.9 Å². The van der Waals surface area contributed by atoms with Crippen LogP contribution in [0, 0.1) is 0 Å². The highest BCUT2D eigenvalue weighted by molar-refractivity contribution is 5.87. The van der Waals surface area contributed by atoms with E-state index in [0.717, 1.165) is 74.7 Å². The second-order valence-electron chi connectivity index (χ2n) is 11.4. The van der Waals surface area contributed by atoms with Crippen molar-refractivity contribution in [2.45, 2.75) is 19.0 Å². The molecule has 1 aliphatic rings. The summed E-state index contributed by atoms with van der Waals surface area (Å²) in [6.45, 7) is 0. The third-order valence-corrected chi connectivity index (χ3v) is 8.35. The summed E-state index contributed by atoms with van der Waals surface area (Å²) in [4.78, 5) is 12.2. The number of allylic oxidation sites excluding steroid dienone is 4. The molecule has 7 rings (SSSR count). The van der Waals surface area contributed by atoms with Gasteiger partial charge in [0, 0.05) is 39.2 Å². The average molecular weight is 629 g/mol. The molecule has 1 aromatic heterocycles. The summed E-state index contributed by atoms with van der Waals surface area (Å²) in [6.07, 6.45) is 5.65. The van der Waals surface area contributed by atoms with E-state index in [1.807, 2.05) is 54.6 Å². The number of aromatic nitrogens is 2. The van der Waals surface area contributed by atoms with E-state index in [2.05, 4.69) is 114 Å². The number of nitrogens with two attached hydrogens (primary N) is 3. The molecular formula is C42H40N6. The smallest absolute Gasteiger partial charge is 0.160 e. The molecule has 1 heterocycles. The first-order chi connectivity index (χ1) is 23.7. The van der Waals surface area contributed by atoms with Crippen LogP contribution in [0.1, 0.15) is 30.1 Å². The highest BCUT2D eigenvalue weighted by atomic mass is 15.2. The molecule has 0 radical (unpaired) electrons. The third kappa shape index (κ3) is 6.95. The van der Waals surface area contributed by atoms with Crippen molar-refractivity contribution in [1.29, 1.82) is 0 Å². The standard InChI is InChI=1S/C41H35N5.CH5N/c42-36-22-12-10-20-34(36)35-21-11-13-23-39(35)46(33-18-8-3-9-19-33)40(43)31-24-26-32(27-25-31)41-44-37(29-14-4-1-5-15-29)28-38(45-41)30-16-6-2-7-17-30;1-2/h1-11,13-21,23-28,40H,12,22,42-43H2;2H2,1H3. The summed E-state index contributed by atoms with van der Waals surface area (Å²) < 4.78 is 0. The summed E-state index contributed by atoms with van der Waals surface area (Å²) in [6, 6.07) is 49.4. The predicted molar refractivity (Wildman–Crippen MR) is 200 cm³/mol. The van der Waals surface area contributed by atoms with Crippen molar-refractivity contribution in [2.75, 3.05) is 11.9 Å². The number of nitrogens with zero attached hydrogens (tertiary/aromatic N) is 3. The van der Waals surface area contributed by atoms with Crippen LogP contribution in [0.3, 0.4) is 0 Å². The lowest BCUT2D eigenvalue weighted by Gasteiger charge is -2.34. The lowest BCUT2D eigenvalue weighted by molar-refractivity contribution is 0.735. The molecule has 1 aliphatic carbocycles. The van der Waals surface area contributed by atoms with Crippen molar-refractivity contribution >= 4 is 16.9 Å². The summed E-state index contributed by atoms with van der Waals surface area (Å²) >= 11 is 0. The van der Waals surface area contributed by atoms with E-state index in [1.165, 1.54) is 7.05 Å². The van der Waals surface area contributed by atoms with Gasteiger partial charge >= 0.3 is 0 Å². The van der Waals surface area contributed by atoms with Crippen LogP contribution in [0.4, 0.5) is 11.4 Å². The molecule has 238 valence electrons. The molecule has 0 bridgehead atoms. The third-order valence-electron chi connectivity index (χ3n) is 8.35. The number of rotatable bonds is 8. The summed E-state index contributed by atoms with van der Waals surface area (Å²) in [5, 5.41) is 0. The van der Waals surface area contributed by atoms with Gasteiger partial charge in [0.15, 0.2) is 5.82 Å². The quantitative estimate of drug-likeness (QED) is 0.145. The topological polar surface area (TPSA) is 107 Å². The Hall–Kier alpha value is -5.82. The molecular weight excluding hydrogens is 589 g/mol. The predicted octanol–water partition coefficient (Wildman–Crippen LogP) is 8.87. The van der Waals surface area contributed by atoms with Gasteiger partial charge in [-0.15, -0.1) is 0 Å². The normalized spacial score (nSPS) is 13.0. The number of anilines is 2. The lowest BCUT2D eigenvalue weighted by atomic mass is 9.94. The first-order valence-corrected chi connectivity index (χ1v) is 16.2. The Labute approximate surface area is 282 Å². The van der Waals surface area contributed by atoms with Gasteiger partial charge in [0.25, 0.3) is 0 Å². The summed E-state index contributed by atoms with van der Waals surface area (Å²) in [5.74, 6) is 0.664. The van der Waals surface area contributed by atoms with Gasteiger partial charge in [-0.1, -0.05) is 133 Å². The Morgan fingerprint density at radius 1 is 0.625 bits per heavy atom. The minimum atomic E-state index is -0.469. The number of para-hydroxylation sites is 2. The Morgan fingerprint density at radius 2 is 1.17 bits per heavy atom. The van der Waals surface area contributed by atoms with Gasteiger partial charge in [0.2, 0.25) is 0 Å². The van der Waals surface area contributed by atoms with Crippen LogP contribution >= 0.6 is 0 Å². The first-order valence-electron chi connectivity index (χ1n) is 16.2. The van der Waals surface area contributed by atoms with Gasteiger partial charge < -0.3 is 22.1 Å². The van der Waals surface area contributed by atoms with Crippen LogP contribution in [-0.4, -0.2) is 17.0 Å². The van der Waals surface area contributed by atoms with Crippen LogP contribution in [0.25, 0.3) is 39.5 Å². The van der Waals surface area contributed by atoms with Crippen LogP contribution in [0.5, 0.6) is 0 Å². The molecule has 0 saturated heterocycles. The molecule has 0 aliphatic heterocycles. The first kappa shape index (κ1) is 32.1. The Balaban J connectivity index is 0.00000197. The largest absolute Gasteiger partial charge is 0.402 e. The molecule has 0 fully saturated rings. The van der Waals surface area contributed by atoms with Crippen molar-refractivity contribution in [3.05, 3.63) is 175 Å². The minimum absolute atomic E-state index is 0.469. The highest BCUT2D eigenvalue weighted by Crippen LogP contribution is 2.39. The van der Waals surface area contributed by atoms with Crippen molar-refractivity contribution in [3.63, 3.8) is 0 Å². The van der Waals surface area contributed by atoms with Gasteiger partial charge in [-0.2, -0.15) is 0 Å². The van der Waals surface area contributed by atoms with E-state index in [-0.39, 0.29) is 0 Å². The van der Waals surface area contributed by atoms with Gasteiger partial charge in [0.05, 0.1) is 17.1 Å². The maximum absolute atomic E-state index is 7.15. The zero-order chi connectivity index (χ0) is 33.3. The molecule has 0 spiro atoms. The van der Waals surface area contributed by atoms with E-state index in [1.54, 1.807) is 0 Å². The summed E-state index contributed by atoms with van der Waals surface area (Å²) in [7, 11) is 1.50. The fraction of sp³-hybridized carbons (Fsp3) is 0.0952. The number of benzene rings is 5. The molecule has 48 heavy (non-hydrogen) atoms. The summed E-state index contributed by atoms with van der Waals surface area (Å²) in [5.41, 5.74) is 28.9. The maximum atomic E-state index is 7.15. The molecule has 6 heteroatoms. The zero-order valence-corrected chi connectivity index (χ0v) is 27.1. The second kappa shape index (κ2) is 15.2. The molecule has 0 amide bonds. The van der Waals surface area contributed by atoms with E-state index in [9.17, 15) is 0 Å². The van der Waals surface area contributed by atoms with Crippen LogP contribution in [0.2, 0.25) is 0 Å². The molecule has 6 nitrogen and oxygen atoms in total. The molecule has 6 aromatic rings. The lowest BCUT2D eigenvalue weighted by Crippen LogP contribution is -2.31. The SMILES string of the molecule is CN.NC1=C(c2ccccc2N(c2ccccc2)C(N)c2ccc(-c3nc(-c4ccccc4)cc(-c4ccccc4)n3)cc2)C=CCC1. The molecule has 6 N–H and O–H groups in total. The van der Waals surface area contributed by atoms with Gasteiger partial charge in [-0.05, 0) is 49.7 Å². The Kier molecular flexibility index (Phi) is 10.2. The highest BCUT2D eigenvalue weighted by Gasteiger charge is 2.23. The number of hydrogen-bond donors (Lipinski definition) is 3. The zero-order valence-electron chi connectivity index (χ0n) is 27.1. The van der Waals surface area contributed by atoms with Crippen molar-refractivity contribution in [1.82, 2.24) is 9.97 Å². The minimum Gasteiger partial charge on any atom is -0.402 e.